The molecule has 19 heavy (non-hydrogen) atoms. The van der Waals surface area contributed by atoms with Gasteiger partial charge in [-0.2, -0.15) is 0 Å². The van der Waals surface area contributed by atoms with Crippen LogP contribution in [0.1, 0.15) is 24.9 Å². The highest BCUT2D eigenvalue weighted by Crippen LogP contribution is 2.33. The van der Waals surface area contributed by atoms with Crippen molar-refractivity contribution in [2.75, 3.05) is 11.9 Å². The van der Waals surface area contributed by atoms with Crippen LogP contribution in [0.4, 0.5) is 10.1 Å². The highest BCUT2D eigenvalue weighted by Gasteiger charge is 2.18. The van der Waals surface area contributed by atoms with Crippen LogP contribution in [-0.4, -0.2) is 12.2 Å². The molecule has 0 aliphatic rings. The molecule has 1 N–H and O–H groups in total. The van der Waals surface area contributed by atoms with E-state index in [1.807, 2.05) is 37.1 Å². The van der Waals surface area contributed by atoms with Gasteiger partial charge in [-0.25, -0.2) is 4.39 Å². The number of hydrogen-bond donors (Lipinski definition) is 1. The van der Waals surface area contributed by atoms with Crippen LogP contribution in [-0.2, 0) is 0 Å². The minimum atomic E-state index is -0.253. The van der Waals surface area contributed by atoms with E-state index in [0.29, 0.717) is 0 Å². The number of aromatic hydroxyl groups is 1. The van der Waals surface area contributed by atoms with E-state index in [2.05, 4.69) is 0 Å². The topological polar surface area (TPSA) is 23.5 Å². The van der Waals surface area contributed by atoms with Crippen molar-refractivity contribution in [3.63, 3.8) is 0 Å². The molecule has 0 spiro atoms. The fourth-order valence-electron chi connectivity index (χ4n) is 2.35. The number of benzene rings is 2. The predicted octanol–water partition coefficient (Wildman–Crippen LogP) is 4.12. The van der Waals surface area contributed by atoms with Gasteiger partial charge in [-0.1, -0.05) is 31.2 Å². The summed E-state index contributed by atoms with van der Waals surface area (Å²) in [5.41, 5.74) is 1.66. The van der Waals surface area contributed by atoms with Crippen molar-refractivity contribution in [3.8, 4) is 5.75 Å². The van der Waals surface area contributed by atoms with Gasteiger partial charge in [0.15, 0.2) is 0 Å². The second-order valence-corrected chi connectivity index (χ2v) is 4.57. The molecule has 0 aliphatic carbocycles. The lowest BCUT2D eigenvalue weighted by Gasteiger charge is -2.30. The van der Waals surface area contributed by atoms with Crippen molar-refractivity contribution in [2.24, 2.45) is 0 Å². The van der Waals surface area contributed by atoms with Crippen molar-refractivity contribution < 1.29 is 9.50 Å². The molecule has 2 aromatic carbocycles. The molecule has 0 fully saturated rings. The molecule has 0 bridgehead atoms. The van der Waals surface area contributed by atoms with Gasteiger partial charge in [-0.15, -0.1) is 0 Å². The summed E-state index contributed by atoms with van der Waals surface area (Å²) < 4.78 is 13.3. The van der Waals surface area contributed by atoms with E-state index in [4.69, 9.17) is 0 Å². The number of phenols is 1. The molecule has 0 saturated heterocycles. The SMILES string of the molecule is CCC(c1ccccc1O)N(C)c1cccc(F)c1. The van der Waals surface area contributed by atoms with Crippen molar-refractivity contribution in [2.45, 2.75) is 19.4 Å². The van der Waals surface area contributed by atoms with E-state index in [1.54, 1.807) is 18.2 Å². The van der Waals surface area contributed by atoms with Crippen LogP contribution < -0.4 is 4.90 Å². The van der Waals surface area contributed by atoms with Crippen LogP contribution in [0.5, 0.6) is 5.75 Å². The third kappa shape index (κ3) is 2.87. The average molecular weight is 259 g/mol. The summed E-state index contributed by atoms with van der Waals surface area (Å²) in [6.07, 6.45) is 0.824. The summed E-state index contributed by atoms with van der Waals surface area (Å²) in [6, 6.07) is 13.8. The molecule has 1 unspecified atom stereocenters. The smallest absolute Gasteiger partial charge is 0.125 e. The maximum absolute atomic E-state index is 13.3. The third-order valence-corrected chi connectivity index (χ3v) is 3.37. The number of nitrogens with zero attached hydrogens (tertiary/aromatic N) is 1. The first-order valence-electron chi connectivity index (χ1n) is 6.39. The number of anilines is 1. The zero-order valence-corrected chi connectivity index (χ0v) is 11.2. The molecule has 2 rings (SSSR count). The summed E-state index contributed by atoms with van der Waals surface area (Å²) in [4.78, 5) is 1.98. The molecular weight excluding hydrogens is 241 g/mol. The van der Waals surface area contributed by atoms with E-state index >= 15 is 0 Å². The molecule has 0 radical (unpaired) electrons. The molecule has 2 aromatic rings. The summed E-state index contributed by atoms with van der Waals surface area (Å²) in [5, 5.41) is 9.96. The molecule has 0 aromatic heterocycles. The van der Waals surface area contributed by atoms with E-state index in [-0.39, 0.29) is 17.6 Å². The van der Waals surface area contributed by atoms with Crippen molar-refractivity contribution in [3.05, 3.63) is 59.9 Å². The Morgan fingerprint density at radius 1 is 1.16 bits per heavy atom. The number of para-hydroxylation sites is 1. The van der Waals surface area contributed by atoms with Crippen LogP contribution in [0, 0.1) is 5.82 Å². The van der Waals surface area contributed by atoms with Crippen LogP contribution in [0.15, 0.2) is 48.5 Å². The summed E-state index contributed by atoms with van der Waals surface area (Å²) >= 11 is 0. The lowest BCUT2D eigenvalue weighted by Crippen LogP contribution is -2.23. The van der Waals surface area contributed by atoms with Gasteiger partial charge in [0, 0.05) is 18.3 Å². The molecule has 3 heteroatoms. The molecule has 1 atom stereocenters. The van der Waals surface area contributed by atoms with Crippen LogP contribution in [0.3, 0.4) is 0 Å². The highest BCUT2D eigenvalue weighted by atomic mass is 19.1. The van der Waals surface area contributed by atoms with Crippen molar-refractivity contribution in [1.82, 2.24) is 0 Å². The maximum Gasteiger partial charge on any atom is 0.125 e. The summed E-state index contributed by atoms with van der Waals surface area (Å²) in [6.45, 7) is 2.05. The Morgan fingerprint density at radius 2 is 1.89 bits per heavy atom. The number of phenolic OH excluding ortho intramolecular Hbond substituents is 1. The Morgan fingerprint density at radius 3 is 2.53 bits per heavy atom. The van der Waals surface area contributed by atoms with Gasteiger partial charge in [0.25, 0.3) is 0 Å². The molecule has 0 amide bonds. The van der Waals surface area contributed by atoms with Gasteiger partial charge in [-0.3, -0.25) is 0 Å². The monoisotopic (exact) mass is 259 g/mol. The third-order valence-electron chi connectivity index (χ3n) is 3.37. The lowest BCUT2D eigenvalue weighted by molar-refractivity contribution is 0.458. The largest absolute Gasteiger partial charge is 0.508 e. The van der Waals surface area contributed by atoms with E-state index in [9.17, 15) is 9.50 Å². The zero-order valence-electron chi connectivity index (χ0n) is 11.2. The van der Waals surface area contributed by atoms with E-state index in [1.165, 1.54) is 12.1 Å². The number of halogens is 1. The van der Waals surface area contributed by atoms with Crippen LogP contribution in [0.2, 0.25) is 0 Å². The number of hydrogen-bond acceptors (Lipinski definition) is 2. The zero-order chi connectivity index (χ0) is 13.8. The van der Waals surface area contributed by atoms with Gasteiger partial charge in [0.2, 0.25) is 0 Å². The van der Waals surface area contributed by atoms with Crippen molar-refractivity contribution >= 4 is 5.69 Å². The molecule has 0 heterocycles. The predicted molar refractivity (Wildman–Crippen MR) is 75.9 cm³/mol. The number of rotatable bonds is 4. The molecule has 100 valence electrons. The first kappa shape index (κ1) is 13.4. The average Bonchev–Trinajstić information content (AvgIpc) is 2.41. The first-order valence-corrected chi connectivity index (χ1v) is 6.39. The Balaban J connectivity index is 2.35. The highest BCUT2D eigenvalue weighted by molar-refractivity contribution is 5.50. The molecular formula is C16H18FNO. The van der Waals surface area contributed by atoms with Crippen LogP contribution in [0.25, 0.3) is 0 Å². The Labute approximate surface area is 113 Å². The van der Waals surface area contributed by atoms with E-state index in [0.717, 1.165) is 17.7 Å². The molecule has 0 saturated carbocycles. The van der Waals surface area contributed by atoms with Crippen LogP contribution >= 0.6 is 0 Å². The summed E-state index contributed by atoms with van der Waals surface area (Å²) in [5.74, 6) is 0.0223. The maximum atomic E-state index is 13.3. The Hall–Kier alpha value is -2.03. The van der Waals surface area contributed by atoms with Gasteiger partial charge in [0.05, 0.1) is 6.04 Å². The second-order valence-electron chi connectivity index (χ2n) is 4.57. The lowest BCUT2D eigenvalue weighted by atomic mass is 10.0. The quantitative estimate of drug-likeness (QED) is 0.892. The van der Waals surface area contributed by atoms with Gasteiger partial charge >= 0.3 is 0 Å². The van der Waals surface area contributed by atoms with Gasteiger partial charge in [0.1, 0.15) is 11.6 Å². The normalized spacial score (nSPS) is 12.2. The van der Waals surface area contributed by atoms with Gasteiger partial charge in [-0.05, 0) is 30.7 Å². The fraction of sp³-hybridized carbons (Fsp3) is 0.250. The first-order chi connectivity index (χ1) is 9.13. The van der Waals surface area contributed by atoms with Gasteiger partial charge < -0.3 is 10.0 Å². The Kier molecular flexibility index (Phi) is 4.05. The fourth-order valence-corrected chi connectivity index (χ4v) is 2.35. The second kappa shape index (κ2) is 5.74. The Bertz CT molecular complexity index is 556. The molecule has 2 nitrogen and oxygen atoms in total. The minimum absolute atomic E-state index is 0.0167. The summed E-state index contributed by atoms with van der Waals surface area (Å²) in [7, 11) is 1.91. The molecule has 0 aliphatic heterocycles. The standard InChI is InChI=1S/C16H18FNO/c1-3-15(14-9-4-5-10-16(14)19)18(2)13-8-6-7-12(17)11-13/h4-11,15,19H,3H2,1-2H3. The van der Waals surface area contributed by atoms with Crippen molar-refractivity contribution in [1.29, 1.82) is 0 Å². The van der Waals surface area contributed by atoms with E-state index < -0.39 is 0 Å². The minimum Gasteiger partial charge on any atom is -0.508 e.